The first kappa shape index (κ1) is 51.0. The summed E-state index contributed by atoms with van der Waals surface area (Å²) < 4.78 is 2.26. The molecule has 2 heterocycles. The van der Waals surface area contributed by atoms with Crippen molar-refractivity contribution < 1.29 is 26.2 Å². The summed E-state index contributed by atoms with van der Waals surface area (Å²) in [5.41, 5.74) is 20.7. The molecule has 0 radical (unpaired) electrons. The Morgan fingerprint density at radius 1 is 0.479 bits per heavy atom. The molecule has 364 valence electrons. The molecule has 0 unspecified atom stereocenters. The molecule has 0 bridgehead atoms. The Hall–Kier alpha value is -6.35. The quantitative estimate of drug-likeness (QED) is 0.162. The standard InChI is InChI=1S/C66H68N3O.Pt/c1-41-34-46(59-52(44-20-16-15-17-21-44)22-18-24-55(59)66(12,13)14)28-31-57(41)69-58-25-19-23-53(60(58)68-62(69)54-40-50(64(6,7)8)35-42(2)61(54)70)47-36-48(38-51(37-47)65(9,10)11)56-39-45(32-33-67-56)43-26-29-49(30-27-43)63(3,4)5;/h15-35,37-40,70H,1-14H3;/q-1;. The van der Waals surface area contributed by atoms with Crippen LogP contribution in [0.25, 0.3) is 83.9 Å². The number of rotatable bonds is 7. The van der Waals surface area contributed by atoms with Gasteiger partial charge in [-0.25, -0.2) is 4.98 Å². The number of phenols is 1. The number of hydrogen-bond donors (Lipinski definition) is 1. The fourth-order valence-corrected chi connectivity index (χ4v) is 9.74. The van der Waals surface area contributed by atoms with E-state index in [1.807, 2.05) is 13.1 Å². The summed E-state index contributed by atoms with van der Waals surface area (Å²) >= 11 is 0. The van der Waals surface area contributed by atoms with Gasteiger partial charge in [0.15, 0.2) is 0 Å². The molecule has 0 aliphatic rings. The molecule has 0 spiro atoms. The number of fused-ring (bicyclic) bond motifs is 1. The molecule has 0 aliphatic carbocycles. The molecule has 0 saturated carbocycles. The third-order valence-corrected chi connectivity index (χ3v) is 13.9. The minimum atomic E-state index is -0.168. The number of hydrogen-bond acceptors (Lipinski definition) is 3. The molecule has 0 saturated heterocycles. The predicted molar refractivity (Wildman–Crippen MR) is 296 cm³/mol. The molecule has 0 aliphatic heterocycles. The fourth-order valence-electron chi connectivity index (χ4n) is 9.74. The van der Waals surface area contributed by atoms with Crippen LogP contribution in [0.4, 0.5) is 0 Å². The average Bonchev–Trinajstić information content (AvgIpc) is 3.70. The van der Waals surface area contributed by atoms with E-state index < -0.39 is 0 Å². The van der Waals surface area contributed by atoms with Crippen molar-refractivity contribution in [1.29, 1.82) is 0 Å². The van der Waals surface area contributed by atoms with Crippen LogP contribution in [0.3, 0.4) is 0 Å². The van der Waals surface area contributed by atoms with E-state index in [1.165, 1.54) is 33.4 Å². The van der Waals surface area contributed by atoms with Gasteiger partial charge in [0.2, 0.25) is 0 Å². The second kappa shape index (κ2) is 19.0. The van der Waals surface area contributed by atoms with Gasteiger partial charge < -0.3 is 5.11 Å². The summed E-state index contributed by atoms with van der Waals surface area (Å²) in [4.78, 5) is 10.6. The summed E-state index contributed by atoms with van der Waals surface area (Å²) in [6.45, 7) is 31.2. The van der Waals surface area contributed by atoms with Gasteiger partial charge in [-0.15, -0.1) is 29.3 Å². The molecule has 4 nitrogen and oxygen atoms in total. The minimum Gasteiger partial charge on any atom is -0.507 e. The molecule has 0 fully saturated rings. The number of phenolic OH excluding ortho intramolecular Hbond substituents is 1. The van der Waals surface area contributed by atoms with Crippen molar-refractivity contribution in [1.82, 2.24) is 14.5 Å². The summed E-state index contributed by atoms with van der Waals surface area (Å²) in [6, 6.07) is 56.5. The number of para-hydroxylation sites is 1. The first-order valence-corrected chi connectivity index (χ1v) is 24.8. The van der Waals surface area contributed by atoms with Crippen molar-refractivity contribution in [2.75, 3.05) is 0 Å². The topological polar surface area (TPSA) is 50.9 Å². The molecule has 1 N–H and O–H groups in total. The van der Waals surface area contributed by atoms with Crippen molar-refractivity contribution in [2.45, 2.75) is 119 Å². The van der Waals surface area contributed by atoms with Crippen molar-refractivity contribution in [3.8, 4) is 78.6 Å². The molecule has 71 heavy (non-hydrogen) atoms. The second-order valence-electron chi connectivity index (χ2n) is 23.4. The zero-order valence-electron chi connectivity index (χ0n) is 44.0. The van der Waals surface area contributed by atoms with E-state index in [2.05, 4.69) is 246 Å². The van der Waals surface area contributed by atoms with Crippen LogP contribution in [0, 0.1) is 19.9 Å². The number of imidazole rings is 1. The monoisotopic (exact) mass is 1110 g/mol. The molecule has 7 aromatic carbocycles. The molecule has 5 heteroatoms. The van der Waals surface area contributed by atoms with Crippen molar-refractivity contribution in [2.24, 2.45) is 0 Å². The Balaban J connectivity index is 0.00000676. The van der Waals surface area contributed by atoms with Crippen LogP contribution in [-0.2, 0) is 42.7 Å². The summed E-state index contributed by atoms with van der Waals surface area (Å²) in [7, 11) is 0. The van der Waals surface area contributed by atoms with E-state index in [4.69, 9.17) is 9.97 Å². The van der Waals surface area contributed by atoms with Crippen LogP contribution < -0.4 is 0 Å². The Morgan fingerprint density at radius 3 is 1.75 bits per heavy atom. The second-order valence-corrected chi connectivity index (χ2v) is 23.4. The van der Waals surface area contributed by atoms with Crippen LogP contribution >= 0.6 is 0 Å². The van der Waals surface area contributed by atoms with Gasteiger partial charge in [0, 0.05) is 33.0 Å². The number of aromatic nitrogens is 3. The maximum absolute atomic E-state index is 12.1. The van der Waals surface area contributed by atoms with Crippen molar-refractivity contribution in [3.05, 3.63) is 191 Å². The molecular weight excluding hydrogens is 1050 g/mol. The van der Waals surface area contributed by atoms with E-state index in [0.29, 0.717) is 11.4 Å². The number of aryl methyl sites for hydroxylation is 2. The smallest absolute Gasteiger partial charge is 0.148 e. The van der Waals surface area contributed by atoms with Crippen LogP contribution in [-0.4, -0.2) is 19.6 Å². The van der Waals surface area contributed by atoms with Gasteiger partial charge in [0.25, 0.3) is 0 Å². The zero-order chi connectivity index (χ0) is 50.1. The third-order valence-electron chi connectivity index (χ3n) is 13.9. The van der Waals surface area contributed by atoms with Gasteiger partial charge in [-0.2, -0.15) is 0 Å². The summed E-state index contributed by atoms with van der Waals surface area (Å²) in [6.07, 6.45) is 1.91. The molecule has 9 aromatic rings. The average molecular weight is 1110 g/mol. The van der Waals surface area contributed by atoms with Crippen LogP contribution in [0.2, 0.25) is 0 Å². The first-order valence-electron chi connectivity index (χ1n) is 24.8. The molecule has 0 amide bonds. The zero-order valence-corrected chi connectivity index (χ0v) is 46.3. The maximum Gasteiger partial charge on any atom is 0.148 e. The third kappa shape index (κ3) is 10.1. The summed E-state index contributed by atoms with van der Waals surface area (Å²) in [5.74, 6) is 0.915. The van der Waals surface area contributed by atoms with Crippen LogP contribution in [0.5, 0.6) is 5.75 Å². The molecule has 0 atom stereocenters. The largest absolute Gasteiger partial charge is 0.507 e. The van der Waals surface area contributed by atoms with E-state index >= 15 is 0 Å². The van der Waals surface area contributed by atoms with Crippen LogP contribution in [0.1, 0.15) is 116 Å². The van der Waals surface area contributed by atoms with Crippen LogP contribution in [0.15, 0.2) is 152 Å². The Morgan fingerprint density at radius 2 is 1.10 bits per heavy atom. The summed E-state index contributed by atoms with van der Waals surface area (Å²) in [5, 5.41) is 12.1. The number of aromatic hydroxyl groups is 1. The normalized spacial score (nSPS) is 12.3. The van der Waals surface area contributed by atoms with Gasteiger partial charge in [-0.3, -0.25) is 9.55 Å². The predicted octanol–water partition coefficient (Wildman–Crippen LogP) is 17.7. The van der Waals surface area contributed by atoms with E-state index in [-0.39, 0.29) is 48.5 Å². The van der Waals surface area contributed by atoms with Gasteiger partial charge in [-0.1, -0.05) is 197 Å². The number of pyridine rings is 1. The van der Waals surface area contributed by atoms with E-state index in [9.17, 15) is 5.11 Å². The Labute approximate surface area is 437 Å². The van der Waals surface area contributed by atoms with Crippen molar-refractivity contribution >= 4 is 11.0 Å². The van der Waals surface area contributed by atoms with Crippen molar-refractivity contribution in [3.63, 3.8) is 0 Å². The number of benzene rings is 7. The van der Waals surface area contributed by atoms with Gasteiger partial charge in [0.05, 0.1) is 22.3 Å². The SMILES string of the molecule is Cc1cc(-c2c(-c3ccccc3)cccc2C(C)(C)C)ccc1-n1c(-c2cc(C(C)(C)C)cc(C)c2O)nc2c(-c3[c-]c(-c4cc(-c5ccc(C(C)(C)C)cc5)ccn4)cc(C(C)(C)C)c3)cccc21.[Pt]. The maximum atomic E-state index is 12.1. The molecular formula is C66H68N3OPt-. The van der Waals surface area contributed by atoms with E-state index in [1.54, 1.807) is 0 Å². The number of nitrogens with zero attached hydrogens (tertiary/aromatic N) is 3. The van der Waals surface area contributed by atoms with Gasteiger partial charge in [0.1, 0.15) is 11.6 Å². The minimum absolute atomic E-state index is 0. The molecule has 9 rings (SSSR count). The molecule has 2 aromatic heterocycles. The first-order chi connectivity index (χ1) is 33.0. The Kier molecular flexibility index (Phi) is 13.7. The fraction of sp³-hybridized carbons (Fsp3) is 0.273. The van der Waals surface area contributed by atoms with E-state index in [0.717, 1.165) is 72.5 Å². The Bertz CT molecular complexity index is 3420. The van der Waals surface area contributed by atoms with Gasteiger partial charge in [-0.05, 0) is 127 Å². The van der Waals surface area contributed by atoms with Gasteiger partial charge >= 0.3 is 0 Å².